The first-order chi connectivity index (χ1) is 22.4. The van der Waals surface area contributed by atoms with Gasteiger partial charge in [0.25, 0.3) is 0 Å². The third kappa shape index (κ3) is 8.19. The molecule has 5 aromatic rings. The van der Waals surface area contributed by atoms with Crippen LogP contribution in [0.1, 0.15) is 37.4 Å². The number of amides is 2. The zero-order valence-corrected chi connectivity index (χ0v) is 25.3. The summed E-state index contributed by atoms with van der Waals surface area (Å²) in [5.41, 5.74) is 3.34. The van der Waals surface area contributed by atoms with Crippen LogP contribution in [-0.2, 0) is 16.1 Å². The Labute approximate surface area is 267 Å². The van der Waals surface area contributed by atoms with Crippen LogP contribution in [0, 0.1) is 0 Å². The van der Waals surface area contributed by atoms with E-state index in [2.05, 4.69) is 10.6 Å². The second-order valence-corrected chi connectivity index (χ2v) is 10.6. The topological polar surface area (TPSA) is 105 Å². The Hall–Kier alpha value is -5.86. The molecule has 0 aliphatic carbocycles. The Morgan fingerprint density at radius 3 is 1.48 bits per heavy atom. The smallest absolute Gasteiger partial charge is 0.238 e. The van der Waals surface area contributed by atoms with Gasteiger partial charge in [0.1, 0.15) is 5.75 Å². The molecule has 0 aliphatic rings. The molecular weight excluding hydrogens is 578 g/mol. The van der Waals surface area contributed by atoms with E-state index >= 15 is 0 Å². The van der Waals surface area contributed by atoms with Gasteiger partial charge in [-0.25, -0.2) is 0 Å². The molecule has 0 atom stereocenters. The van der Waals surface area contributed by atoms with Gasteiger partial charge in [-0.1, -0.05) is 84.9 Å². The Kier molecular flexibility index (Phi) is 10.5. The predicted molar refractivity (Wildman–Crippen MR) is 178 cm³/mol. The quantitative estimate of drug-likeness (QED) is 0.153. The van der Waals surface area contributed by atoms with Crippen molar-refractivity contribution in [3.63, 3.8) is 0 Å². The van der Waals surface area contributed by atoms with Gasteiger partial charge in [-0.3, -0.25) is 24.1 Å². The number of anilines is 2. The van der Waals surface area contributed by atoms with E-state index in [4.69, 9.17) is 4.74 Å². The molecule has 8 nitrogen and oxygen atoms in total. The molecule has 0 saturated carbocycles. The molecule has 0 heterocycles. The number of carbonyl (C=O) groups excluding carboxylic acids is 4. The molecule has 0 aliphatic heterocycles. The number of nitrogens with zero attached hydrogens (tertiary/aromatic N) is 1. The fraction of sp³-hybridized carbons (Fsp3) is 0.105. The minimum Gasteiger partial charge on any atom is -0.497 e. The summed E-state index contributed by atoms with van der Waals surface area (Å²) in [7, 11) is 1.55. The number of ether oxygens (including phenoxy) is 1. The number of nitrogens with one attached hydrogen (secondary N) is 2. The molecule has 0 aromatic heterocycles. The average Bonchev–Trinajstić information content (AvgIpc) is 3.09. The second kappa shape index (κ2) is 15.2. The zero-order valence-electron chi connectivity index (χ0n) is 25.3. The van der Waals surface area contributed by atoms with Gasteiger partial charge in [-0.05, 0) is 54.1 Å². The Balaban J connectivity index is 1.31. The molecule has 230 valence electrons. The van der Waals surface area contributed by atoms with Crippen molar-refractivity contribution in [1.29, 1.82) is 0 Å². The molecule has 2 amide bonds. The molecule has 0 radical (unpaired) electrons. The molecule has 5 rings (SSSR count). The lowest BCUT2D eigenvalue weighted by Gasteiger charge is -2.22. The van der Waals surface area contributed by atoms with Crippen LogP contribution in [0.15, 0.2) is 133 Å². The van der Waals surface area contributed by atoms with Crippen LogP contribution in [0.3, 0.4) is 0 Å². The lowest BCUT2D eigenvalue weighted by Crippen LogP contribution is -2.38. The van der Waals surface area contributed by atoms with Crippen molar-refractivity contribution in [2.24, 2.45) is 0 Å². The van der Waals surface area contributed by atoms with E-state index in [1.54, 1.807) is 109 Å². The Morgan fingerprint density at radius 2 is 0.978 bits per heavy atom. The lowest BCUT2D eigenvalue weighted by molar-refractivity contribution is -0.120. The number of para-hydroxylation sites is 2. The number of carbonyl (C=O) groups is 4. The monoisotopic (exact) mass is 611 g/mol. The van der Waals surface area contributed by atoms with Crippen molar-refractivity contribution >= 4 is 34.8 Å². The molecule has 0 unspecified atom stereocenters. The first-order valence-electron chi connectivity index (χ1n) is 14.7. The molecule has 8 heteroatoms. The highest BCUT2D eigenvalue weighted by atomic mass is 16.5. The van der Waals surface area contributed by atoms with E-state index in [1.165, 1.54) is 0 Å². The molecular formula is C38H33N3O5. The van der Waals surface area contributed by atoms with Crippen LogP contribution >= 0.6 is 0 Å². The van der Waals surface area contributed by atoms with Gasteiger partial charge in [0, 0.05) is 28.8 Å². The van der Waals surface area contributed by atoms with E-state index in [-0.39, 0.29) is 30.6 Å². The highest BCUT2D eigenvalue weighted by Crippen LogP contribution is 2.22. The fourth-order valence-electron chi connectivity index (χ4n) is 5.02. The van der Waals surface area contributed by atoms with Crippen LogP contribution in [0.25, 0.3) is 0 Å². The molecule has 0 saturated heterocycles. The van der Waals surface area contributed by atoms with Gasteiger partial charge < -0.3 is 15.4 Å². The van der Waals surface area contributed by atoms with Crippen LogP contribution in [0.4, 0.5) is 11.4 Å². The normalized spacial score (nSPS) is 10.7. The third-order valence-electron chi connectivity index (χ3n) is 7.26. The summed E-state index contributed by atoms with van der Waals surface area (Å²) in [4.78, 5) is 55.0. The number of benzene rings is 5. The van der Waals surface area contributed by atoms with Crippen LogP contribution in [0.2, 0.25) is 0 Å². The molecule has 46 heavy (non-hydrogen) atoms. The van der Waals surface area contributed by atoms with E-state index in [0.29, 0.717) is 45.9 Å². The SMILES string of the molecule is COc1ccc(C(=O)c2ccccc2NC(=O)CN(CC(=O)Nc2ccccc2C(=O)c2ccccc2)Cc2ccccc2)cc1. The van der Waals surface area contributed by atoms with E-state index in [9.17, 15) is 19.2 Å². The maximum Gasteiger partial charge on any atom is 0.238 e. The number of rotatable bonds is 13. The maximum atomic E-state index is 13.4. The highest BCUT2D eigenvalue weighted by Gasteiger charge is 2.20. The summed E-state index contributed by atoms with van der Waals surface area (Å²) in [5, 5.41) is 5.73. The van der Waals surface area contributed by atoms with E-state index in [1.807, 2.05) is 36.4 Å². The van der Waals surface area contributed by atoms with Crippen molar-refractivity contribution in [1.82, 2.24) is 4.90 Å². The predicted octanol–water partition coefficient (Wildman–Crippen LogP) is 6.24. The molecule has 2 N–H and O–H groups in total. The van der Waals surface area contributed by atoms with Gasteiger partial charge >= 0.3 is 0 Å². The largest absolute Gasteiger partial charge is 0.497 e. The fourth-order valence-corrected chi connectivity index (χ4v) is 5.02. The summed E-state index contributed by atoms with van der Waals surface area (Å²) < 4.78 is 5.19. The van der Waals surface area contributed by atoms with Gasteiger partial charge in [-0.15, -0.1) is 0 Å². The number of methoxy groups -OCH3 is 1. The zero-order chi connectivity index (χ0) is 32.3. The highest BCUT2D eigenvalue weighted by molar-refractivity contribution is 6.15. The van der Waals surface area contributed by atoms with Crippen molar-refractivity contribution in [2.75, 3.05) is 30.8 Å². The van der Waals surface area contributed by atoms with Gasteiger partial charge in [0.05, 0.1) is 31.6 Å². The average molecular weight is 612 g/mol. The van der Waals surface area contributed by atoms with Gasteiger partial charge in [0.2, 0.25) is 11.8 Å². The molecule has 0 bridgehead atoms. The standard InChI is InChI=1S/C38H33N3O5/c1-46-30-22-20-29(21-23-30)38(45)32-17-9-11-19-34(32)40-36(43)26-41(24-27-12-4-2-5-13-27)25-35(42)39-33-18-10-8-16-31(33)37(44)28-14-6-3-7-15-28/h2-23H,24-26H2,1H3,(H,39,42)(H,40,43). The van der Waals surface area contributed by atoms with Crippen LogP contribution in [0.5, 0.6) is 5.75 Å². The summed E-state index contributed by atoms with van der Waals surface area (Å²) in [6.45, 7) is 0.0687. The summed E-state index contributed by atoms with van der Waals surface area (Å²) in [6.07, 6.45) is 0. The third-order valence-corrected chi connectivity index (χ3v) is 7.26. The lowest BCUT2D eigenvalue weighted by atomic mass is 10.0. The Morgan fingerprint density at radius 1 is 0.543 bits per heavy atom. The first-order valence-corrected chi connectivity index (χ1v) is 14.7. The van der Waals surface area contributed by atoms with Gasteiger partial charge in [-0.2, -0.15) is 0 Å². The van der Waals surface area contributed by atoms with Crippen LogP contribution < -0.4 is 15.4 Å². The maximum absolute atomic E-state index is 13.4. The van der Waals surface area contributed by atoms with Crippen molar-refractivity contribution < 1.29 is 23.9 Å². The molecule has 0 spiro atoms. The van der Waals surface area contributed by atoms with Crippen LogP contribution in [-0.4, -0.2) is 48.5 Å². The summed E-state index contributed by atoms with van der Waals surface area (Å²) >= 11 is 0. The Bertz CT molecular complexity index is 1820. The summed E-state index contributed by atoms with van der Waals surface area (Å²) in [5.74, 6) is -0.597. The van der Waals surface area contributed by atoms with Gasteiger partial charge in [0.15, 0.2) is 11.6 Å². The molecule has 0 fully saturated rings. The van der Waals surface area contributed by atoms with E-state index < -0.39 is 5.91 Å². The second-order valence-electron chi connectivity index (χ2n) is 10.6. The number of hydrogen-bond donors (Lipinski definition) is 2. The summed E-state index contributed by atoms with van der Waals surface area (Å²) in [6, 6.07) is 38.8. The van der Waals surface area contributed by atoms with Crippen molar-refractivity contribution in [3.05, 3.63) is 161 Å². The molecule has 5 aromatic carbocycles. The first kappa shape index (κ1) is 31.6. The number of ketones is 2. The minimum atomic E-state index is -0.390. The number of hydrogen-bond acceptors (Lipinski definition) is 6. The van der Waals surface area contributed by atoms with Crippen molar-refractivity contribution in [2.45, 2.75) is 6.54 Å². The van der Waals surface area contributed by atoms with E-state index in [0.717, 1.165) is 5.56 Å². The minimum absolute atomic E-state index is 0.122. The van der Waals surface area contributed by atoms with Crippen molar-refractivity contribution in [3.8, 4) is 5.75 Å².